The summed E-state index contributed by atoms with van der Waals surface area (Å²) in [5.41, 5.74) is 2.38. The van der Waals surface area contributed by atoms with Crippen molar-refractivity contribution in [3.05, 3.63) is 35.4 Å². The molecule has 0 atom stereocenters. The van der Waals surface area contributed by atoms with E-state index in [2.05, 4.69) is 43.4 Å². The highest BCUT2D eigenvalue weighted by Gasteiger charge is 2.27. The van der Waals surface area contributed by atoms with Gasteiger partial charge >= 0.3 is 0 Å². The van der Waals surface area contributed by atoms with Gasteiger partial charge in [-0.25, -0.2) is 0 Å². The minimum atomic E-state index is 0.0203. The number of hydrogen-bond donors (Lipinski definition) is 1. The van der Waals surface area contributed by atoms with E-state index < -0.39 is 0 Å². The molecule has 1 fully saturated rings. The van der Waals surface area contributed by atoms with Crippen molar-refractivity contribution in [1.82, 2.24) is 10.2 Å². The highest BCUT2D eigenvalue weighted by molar-refractivity contribution is 5.81. The molecule has 1 heterocycles. The second-order valence-corrected chi connectivity index (χ2v) is 7.88. The third kappa shape index (κ3) is 7.33. The van der Waals surface area contributed by atoms with Crippen LogP contribution in [0.15, 0.2) is 24.3 Å². The number of rotatable bonds is 9. The molecule has 1 saturated heterocycles. The van der Waals surface area contributed by atoms with Crippen LogP contribution >= 0.6 is 0 Å². The summed E-state index contributed by atoms with van der Waals surface area (Å²) in [6, 6.07) is 8.39. The van der Waals surface area contributed by atoms with Crippen molar-refractivity contribution in [2.45, 2.75) is 46.0 Å². The fourth-order valence-corrected chi connectivity index (χ4v) is 3.51. The zero-order valence-electron chi connectivity index (χ0n) is 17.0. The smallest absolute Gasteiger partial charge is 0.226 e. The maximum atomic E-state index is 12.6. The van der Waals surface area contributed by atoms with Crippen molar-refractivity contribution >= 4 is 11.8 Å². The van der Waals surface area contributed by atoms with Gasteiger partial charge < -0.3 is 15.0 Å². The molecule has 0 aromatic heterocycles. The van der Waals surface area contributed by atoms with E-state index >= 15 is 0 Å². The molecule has 27 heavy (non-hydrogen) atoms. The lowest BCUT2D eigenvalue weighted by molar-refractivity contribution is -0.135. The summed E-state index contributed by atoms with van der Waals surface area (Å²) in [7, 11) is 1.66. The summed E-state index contributed by atoms with van der Waals surface area (Å²) < 4.78 is 4.99. The van der Waals surface area contributed by atoms with Crippen LogP contribution in [0.4, 0.5) is 0 Å². The van der Waals surface area contributed by atoms with Crippen LogP contribution in [-0.2, 0) is 27.2 Å². The van der Waals surface area contributed by atoms with E-state index in [9.17, 15) is 9.59 Å². The van der Waals surface area contributed by atoms with Crippen molar-refractivity contribution in [2.75, 3.05) is 33.4 Å². The lowest BCUT2D eigenvalue weighted by Gasteiger charge is -2.31. The lowest BCUT2D eigenvalue weighted by atomic mass is 9.95. The zero-order chi connectivity index (χ0) is 19.6. The fourth-order valence-electron chi connectivity index (χ4n) is 3.51. The molecule has 1 aliphatic heterocycles. The van der Waals surface area contributed by atoms with Gasteiger partial charge in [0.05, 0.1) is 6.42 Å². The number of benzene rings is 1. The molecule has 0 aliphatic carbocycles. The van der Waals surface area contributed by atoms with Crippen LogP contribution in [0.3, 0.4) is 0 Å². The Bertz CT molecular complexity index is 590. The van der Waals surface area contributed by atoms with Crippen molar-refractivity contribution in [1.29, 1.82) is 0 Å². The lowest BCUT2D eigenvalue weighted by Crippen LogP contribution is -2.43. The third-order valence-electron chi connectivity index (χ3n) is 5.07. The SMILES string of the molecule is COCCCNC(=O)C1CCN(C(=O)Cc2ccc(CC(C)C)cc2)CC1. The third-order valence-corrected chi connectivity index (χ3v) is 5.07. The first-order valence-electron chi connectivity index (χ1n) is 10.1. The molecule has 0 bridgehead atoms. The number of nitrogens with one attached hydrogen (secondary N) is 1. The minimum Gasteiger partial charge on any atom is -0.385 e. The zero-order valence-corrected chi connectivity index (χ0v) is 17.0. The summed E-state index contributed by atoms with van der Waals surface area (Å²) in [6.45, 7) is 7.06. The predicted octanol–water partition coefficient (Wildman–Crippen LogP) is 2.82. The van der Waals surface area contributed by atoms with E-state index in [4.69, 9.17) is 4.74 Å². The Morgan fingerprint density at radius 3 is 2.37 bits per heavy atom. The number of likely N-dealkylation sites (tertiary alicyclic amines) is 1. The molecule has 5 heteroatoms. The Balaban J connectivity index is 1.73. The monoisotopic (exact) mass is 374 g/mol. The summed E-state index contributed by atoms with van der Waals surface area (Å²) in [5, 5.41) is 2.97. The van der Waals surface area contributed by atoms with Gasteiger partial charge in [-0.2, -0.15) is 0 Å². The first-order valence-corrected chi connectivity index (χ1v) is 10.1. The molecule has 1 aromatic carbocycles. The molecule has 5 nitrogen and oxygen atoms in total. The summed E-state index contributed by atoms with van der Waals surface area (Å²) in [5.74, 6) is 0.923. The van der Waals surface area contributed by atoms with Gasteiger partial charge in [0.15, 0.2) is 0 Å². The molecule has 2 rings (SSSR count). The topological polar surface area (TPSA) is 58.6 Å². The maximum Gasteiger partial charge on any atom is 0.226 e. The van der Waals surface area contributed by atoms with E-state index in [1.807, 2.05) is 4.90 Å². The summed E-state index contributed by atoms with van der Waals surface area (Å²) >= 11 is 0. The van der Waals surface area contributed by atoms with Gasteiger partial charge in [0, 0.05) is 39.3 Å². The molecule has 0 spiro atoms. The standard InChI is InChI=1S/C22H34N2O3/c1-17(2)15-18-5-7-19(8-6-18)16-21(25)24-12-9-20(10-13-24)22(26)23-11-4-14-27-3/h5-8,17,20H,4,9-16H2,1-3H3,(H,23,26). The molecular formula is C22H34N2O3. The minimum absolute atomic E-state index is 0.0203. The van der Waals surface area contributed by atoms with E-state index in [-0.39, 0.29) is 17.7 Å². The van der Waals surface area contributed by atoms with Crippen molar-refractivity contribution in [3.8, 4) is 0 Å². The van der Waals surface area contributed by atoms with E-state index in [1.54, 1.807) is 7.11 Å². The number of hydrogen-bond acceptors (Lipinski definition) is 3. The Hall–Kier alpha value is -1.88. The molecular weight excluding hydrogens is 340 g/mol. The number of ether oxygens (including phenoxy) is 1. The maximum absolute atomic E-state index is 12.6. The quantitative estimate of drug-likeness (QED) is 0.676. The number of piperidine rings is 1. The molecule has 1 aliphatic rings. The largest absolute Gasteiger partial charge is 0.385 e. The number of nitrogens with zero attached hydrogens (tertiary/aromatic N) is 1. The highest BCUT2D eigenvalue weighted by Crippen LogP contribution is 2.19. The van der Waals surface area contributed by atoms with Gasteiger partial charge in [-0.05, 0) is 42.7 Å². The van der Waals surface area contributed by atoms with Gasteiger partial charge in [0.25, 0.3) is 0 Å². The van der Waals surface area contributed by atoms with Gasteiger partial charge in [-0.3, -0.25) is 9.59 Å². The Labute approximate surface area is 163 Å². The Kier molecular flexibility index (Phi) is 8.79. The van der Waals surface area contributed by atoms with Gasteiger partial charge in [-0.15, -0.1) is 0 Å². The van der Waals surface area contributed by atoms with Crippen molar-refractivity contribution in [2.24, 2.45) is 11.8 Å². The molecule has 1 aromatic rings. The number of carbonyl (C=O) groups excluding carboxylic acids is 2. The van der Waals surface area contributed by atoms with E-state index in [0.29, 0.717) is 38.6 Å². The van der Waals surface area contributed by atoms with Crippen molar-refractivity contribution in [3.63, 3.8) is 0 Å². The molecule has 0 radical (unpaired) electrons. The van der Waals surface area contributed by atoms with Crippen molar-refractivity contribution < 1.29 is 14.3 Å². The number of carbonyl (C=O) groups is 2. The highest BCUT2D eigenvalue weighted by atomic mass is 16.5. The Morgan fingerprint density at radius 2 is 1.78 bits per heavy atom. The molecule has 0 unspecified atom stereocenters. The van der Waals surface area contributed by atoms with Crippen LogP contribution in [0.1, 0.15) is 44.2 Å². The second-order valence-electron chi connectivity index (χ2n) is 7.88. The average Bonchev–Trinajstić information content (AvgIpc) is 2.66. The summed E-state index contributed by atoms with van der Waals surface area (Å²) in [6.07, 6.45) is 3.82. The van der Waals surface area contributed by atoms with Crippen LogP contribution in [0.2, 0.25) is 0 Å². The molecule has 2 amide bonds. The van der Waals surface area contributed by atoms with Crippen LogP contribution < -0.4 is 5.32 Å². The van der Waals surface area contributed by atoms with Crippen LogP contribution in [-0.4, -0.2) is 50.1 Å². The van der Waals surface area contributed by atoms with Crippen LogP contribution in [0.25, 0.3) is 0 Å². The van der Waals surface area contributed by atoms with Gasteiger partial charge in [0.2, 0.25) is 11.8 Å². The second kappa shape index (κ2) is 11.1. The van der Waals surface area contributed by atoms with E-state index in [0.717, 1.165) is 31.2 Å². The normalized spacial score (nSPS) is 15.2. The van der Waals surface area contributed by atoms with Gasteiger partial charge in [-0.1, -0.05) is 38.1 Å². The van der Waals surface area contributed by atoms with Crippen LogP contribution in [0, 0.1) is 11.8 Å². The summed E-state index contributed by atoms with van der Waals surface area (Å²) in [4.78, 5) is 26.6. The average molecular weight is 375 g/mol. The van der Waals surface area contributed by atoms with E-state index in [1.165, 1.54) is 5.56 Å². The fraction of sp³-hybridized carbons (Fsp3) is 0.636. The van der Waals surface area contributed by atoms with Gasteiger partial charge in [0.1, 0.15) is 0 Å². The first-order chi connectivity index (χ1) is 13.0. The number of methoxy groups -OCH3 is 1. The molecule has 0 saturated carbocycles. The first kappa shape index (κ1) is 21.4. The number of amides is 2. The Morgan fingerprint density at radius 1 is 1.15 bits per heavy atom. The van der Waals surface area contributed by atoms with Crippen LogP contribution in [0.5, 0.6) is 0 Å². The molecule has 150 valence electrons. The predicted molar refractivity (Wildman–Crippen MR) is 107 cm³/mol. The molecule has 1 N–H and O–H groups in total.